The predicted octanol–water partition coefficient (Wildman–Crippen LogP) is 2.80. The zero-order valence-electron chi connectivity index (χ0n) is 7.34. The first-order valence-corrected chi connectivity index (χ1v) is 8.69. The van der Waals surface area contributed by atoms with E-state index in [0.29, 0.717) is 0 Å². The van der Waals surface area contributed by atoms with Crippen molar-refractivity contribution in [2.24, 2.45) is 0 Å². The van der Waals surface area contributed by atoms with Crippen molar-refractivity contribution in [2.45, 2.75) is 5.44 Å². The molecule has 0 aromatic carbocycles. The summed E-state index contributed by atoms with van der Waals surface area (Å²) >= 11 is 8.36. The summed E-state index contributed by atoms with van der Waals surface area (Å²) in [5, 5.41) is 1.92. The molecule has 0 amide bonds. The maximum Gasteiger partial charge on any atom is 0.250 e. The largest absolute Gasteiger partial charge is 0.485 e. The number of hydrogen-bond donors (Lipinski definition) is 0. The quantitative estimate of drug-likeness (QED) is 0.720. The lowest BCUT2D eigenvalue weighted by Crippen LogP contribution is -2.10. The van der Waals surface area contributed by atoms with Crippen LogP contribution in [0.3, 0.4) is 0 Å². The minimum absolute atomic E-state index is 0.0423. The zero-order chi connectivity index (χ0) is 9.73. The lowest BCUT2D eigenvalue weighted by molar-refractivity contribution is 0.240. The maximum absolute atomic E-state index is 5.34. The highest BCUT2D eigenvalue weighted by Gasteiger charge is 2.24. The molecular weight excluding hydrogens is 247 g/mol. The van der Waals surface area contributed by atoms with Crippen LogP contribution in [0.4, 0.5) is 0 Å². The van der Waals surface area contributed by atoms with Gasteiger partial charge in [-0.25, -0.2) is 0 Å². The fraction of sp³-hybridized carbons (Fsp3) is 0.667. The average Bonchev–Trinajstić information content (AvgIpc) is 2.19. The van der Waals surface area contributed by atoms with Crippen LogP contribution in [-0.2, 0) is 25.6 Å². The molecule has 7 heteroatoms. The Kier molecular flexibility index (Phi) is 5.15. The molecule has 1 aliphatic heterocycles. The molecule has 1 heterocycles. The Morgan fingerprint density at radius 2 is 2.31 bits per heavy atom. The van der Waals surface area contributed by atoms with Gasteiger partial charge in [-0.1, -0.05) is 0 Å². The third-order valence-corrected chi connectivity index (χ3v) is 8.03. The molecule has 0 aliphatic carbocycles. The number of ether oxygens (including phenoxy) is 1. The Hall–Kier alpha value is 0.810. The Morgan fingerprint density at radius 3 is 2.77 bits per heavy atom. The minimum atomic E-state index is -2.17. The van der Waals surface area contributed by atoms with Crippen LogP contribution in [0, 0.1) is 0 Å². The van der Waals surface area contributed by atoms with Crippen molar-refractivity contribution in [1.29, 1.82) is 0 Å². The summed E-state index contributed by atoms with van der Waals surface area (Å²) in [4.78, 5) is 0. The summed E-state index contributed by atoms with van der Waals surface area (Å²) in [6, 6.07) is 0. The summed E-state index contributed by atoms with van der Waals surface area (Å²) in [6.45, 7) is 0. The van der Waals surface area contributed by atoms with Gasteiger partial charge in [0.15, 0.2) is 5.44 Å². The number of hydrogen-bond acceptors (Lipinski definition) is 6. The first-order chi connectivity index (χ1) is 6.20. The first-order valence-electron chi connectivity index (χ1n) is 3.52. The van der Waals surface area contributed by atoms with E-state index in [-0.39, 0.29) is 5.44 Å². The van der Waals surface area contributed by atoms with Crippen LogP contribution in [0.1, 0.15) is 0 Å². The summed E-state index contributed by atoms with van der Waals surface area (Å²) in [7, 11) is 3.15. The monoisotopic (exact) mass is 258 g/mol. The third kappa shape index (κ3) is 3.81. The molecule has 1 atom stereocenters. The van der Waals surface area contributed by atoms with E-state index in [1.165, 1.54) is 11.4 Å². The van der Waals surface area contributed by atoms with Crippen LogP contribution >= 0.6 is 28.8 Å². The Balaban J connectivity index is 2.46. The highest BCUT2D eigenvalue weighted by atomic mass is 32.9. The van der Waals surface area contributed by atoms with Crippen LogP contribution in [0.5, 0.6) is 0 Å². The number of rotatable bonds is 4. The smallest absolute Gasteiger partial charge is 0.250 e. The second-order valence-electron chi connectivity index (χ2n) is 2.09. The lowest BCUT2D eigenvalue weighted by atomic mass is 10.8. The zero-order valence-corrected chi connectivity index (χ0v) is 10.7. The van der Waals surface area contributed by atoms with Gasteiger partial charge in [0.05, 0.1) is 6.26 Å². The van der Waals surface area contributed by atoms with E-state index >= 15 is 0 Å². The minimum Gasteiger partial charge on any atom is -0.485 e. The Morgan fingerprint density at radius 1 is 1.62 bits per heavy atom. The van der Waals surface area contributed by atoms with Gasteiger partial charge in [0, 0.05) is 25.4 Å². The molecule has 3 nitrogen and oxygen atoms in total. The van der Waals surface area contributed by atoms with Crippen molar-refractivity contribution in [2.75, 3.05) is 20.0 Å². The molecule has 1 unspecified atom stereocenters. The van der Waals surface area contributed by atoms with Gasteiger partial charge < -0.3 is 13.8 Å². The number of thioether (sulfide) groups is 1. The predicted molar refractivity (Wildman–Crippen MR) is 62.4 cm³/mol. The van der Waals surface area contributed by atoms with Crippen molar-refractivity contribution >= 4 is 40.6 Å². The molecule has 1 rings (SSSR count). The summed E-state index contributed by atoms with van der Waals surface area (Å²) < 4.78 is 15.6. The molecule has 13 heavy (non-hydrogen) atoms. The Bertz CT molecular complexity index is 225. The molecule has 0 saturated carbocycles. The maximum atomic E-state index is 5.34. The molecule has 0 radical (unpaired) electrons. The van der Waals surface area contributed by atoms with E-state index < -0.39 is 5.69 Å². The van der Waals surface area contributed by atoms with Crippen LogP contribution in [0.2, 0.25) is 0 Å². The second-order valence-corrected chi connectivity index (χ2v) is 9.60. The van der Waals surface area contributed by atoms with E-state index in [1.807, 2.05) is 5.41 Å². The topological polar surface area (TPSA) is 27.7 Å². The van der Waals surface area contributed by atoms with Gasteiger partial charge in [-0.3, -0.25) is 0 Å². The van der Waals surface area contributed by atoms with Crippen molar-refractivity contribution in [3.05, 3.63) is 11.7 Å². The highest BCUT2D eigenvalue weighted by Crippen LogP contribution is 2.62. The van der Waals surface area contributed by atoms with Crippen LogP contribution in [0.25, 0.3) is 0 Å². The van der Waals surface area contributed by atoms with Gasteiger partial charge in [-0.2, -0.15) is 0 Å². The molecule has 1 aliphatic rings. The van der Waals surface area contributed by atoms with E-state index in [2.05, 4.69) is 0 Å². The second kappa shape index (κ2) is 5.63. The third-order valence-electron chi connectivity index (χ3n) is 1.31. The van der Waals surface area contributed by atoms with Crippen LogP contribution in [-0.4, -0.2) is 25.4 Å². The fourth-order valence-electron chi connectivity index (χ4n) is 0.692. The van der Waals surface area contributed by atoms with Crippen LogP contribution in [0.15, 0.2) is 11.7 Å². The average molecular weight is 258 g/mol. The van der Waals surface area contributed by atoms with Gasteiger partial charge in [0.1, 0.15) is 0 Å². The SMILES string of the molecule is COP(=S)(OC)SC1CSC=CO1. The van der Waals surface area contributed by atoms with Crippen molar-refractivity contribution in [1.82, 2.24) is 0 Å². The Labute approximate surface area is 91.5 Å². The highest BCUT2D eigenvalue weighted by molar-refractivity contribution is 8.68. The van der Waals surface area contributed by atoms with Crippen molar-refractivity contribution < 1.29 is 13.8 Å². The first kappa shape index (κ1) is 11.9. The van der Waals surface area contributed by atoms with Crippen molar-refractivity contribution in [3.8, 4) is 0 Å². The molecule has 0 saturated heterocycles. The van der Waals surface area contributed by atoms with E-state index in [4.69, 9.17) is 25.6 Å². The summed E-state index contributed by atoms with van der Waals surface area (Å²) in [5.41, 5.74) is -2.13. The fourth-order valence-corrected chi connectivity index (χ4v) is 5.33. The normalized spacial score (nSPS) is 22.8. The molecule has 0 fully saturated rings. The lowest BCUT2D eigenvalue weighted by Gasteiger charge is -2.23. The molecule has 76 valence electrons. The molecule has 0 spiro atoms. The van der Waals surface area contributed by atoms with Gasteiger partial charge in [-0.05, 0) is 23.2 Å². The van der Waals surface area contributed by atoms with Gasteiger partial charge >= 0.3 is 0 Å². The molecule has 0 N–H and O–H groups in total. The van der Waals surface area contributed by atoms with Crippen LogP contribution < -0.4 is 0 Å². The molecular formula is C6H11O3PS3. The standard InChI is InChI=1S/C6H11O3PS3/c1-7-10(11,8-2)13-6-5-12-4-3-9-6/h3-4,6H,5H2,1-2H3. The molecule has 0 bridgehead atoms. The van der Waals surface area contributed by atoms with Gasteiger partial charge in [0.25, 0.3) is 0 Å². The summed E-state index contributed by atoms with van der Waals surface area (Å²) in [6.07, 6.45) is 1.68. The molecule has 0 aromatic heterocycles. The molecule has 0 aromatic rings. The van der Waals surface area contributed by atoms with E-state index in [1.54, 1.807) is 32.2 Å². The summed E-state index contributed by atoms with van der Waals surface area (Å²) in [5.74, 6) is 0.881. The van der Waals surface area contributed by atoms with Gasteiger partial charge in [-0.15, -0.1) is 11.8 Å². The van der Waals surface area contributed by atoms with Crippen molar-refractivity contribution in [3.63, 3.8) is 0 Å². The van der Waals surface area contributed by atoms with E-state index in [0.717, 1.165) is 5.75 Å². The van der Waals surface area contributed by atoms with Gasteiger partial charge in [0.2, 0.25) is 5.69 Å². The van der Waals surface area contributed by atoms with E-state index in [9.17, 15) is 0 Å².